The van der Waals surface area contributed by atoms with Gasteiger partial charge in [0, 0.05) is 11.9 Å². The molecule has 1 aliphatic rings. The maximum Gasteiger partial charge on any atom is 0.176 e. The zero-order valence-corrected chi connectivity index (χ0v) is 15.2. The third-order valence-corrected chi connectivity index (χ3v) is 6.08. The Balaban J connectivity index is 2.04. The van der Waals surface area contributed by atoms with Crippen LogP contribution in [0.4, 0.5) is 11.5 Å². The summed E-state index contributed by atoms with van der Waals surface area (Å²) >= 11 is 3.28. The summed E-state index contributed by atoms with van der Waals surface area (Å²) in [6, 6.07) is 10.6. The lowest BCUT2D eigenvalue weighted by molar-refractivity contribution is 0.834. The smallest absolute Gasteiger partial charge is 0.176 e. The van der Waals surface area contributed by atoms with E-state index in [0.29, 0.717) is 11.2 Å². The summed E-state index contributed by atoms with van der Waals surface area (Å²) in [6.45, 7) is 4.05. The van der Waals surface area contributed by atoms with E-state index in [2.05, 4.69) is 35.0 Å². The third kappa shape index (κ3) is 2.10. The molecule has 2 aromatic heterocycles. The fraction of sp³-hybridized carbons (Fsp3) is 0.235. The standard InChI is InChI=1S/C17H15N5S2/c1-4-23-16-11(9-18)15-19-10(2)14-17(22(15)20-16)21(3)12-7-5-6-8-13(12)24-14/h5-8H,4H2,1-3H3. The minimum absolute atomic E-state index is 0.560. The average Bonchev–Trinajstić information content (AvgIpc) is 2.92. The topological polar surface area (TPSA) is 57.2 Å². The van der Waals surface area contributed by atoms with Crippen molar-refractivity contribution in [3.8, 4) is 6.07 Å². The molecule has 0 amide bonds. The number of benzene rings is 1. The van der Waals surface area contributed by atoms with Gasteiger partial charge in [-0.1, -0.05) is 30.8 Å². The highest BCUT2D eigenvalue weighted by atomic mass is 32.2. The molecule has 120 valence electrons. The summed E-state index contributed by atoms with van der Waals surface area (Å²) in [5, 5.41) is 15.0. The van der Waals surface area contributed by atoms with Gasteiger partial charge in [0.25, 0.3) is 0 Å². The van der Waals surface area contributed by atoms with Crippen LogP contribution in [0.25, 0.3) is 5.65 Å². The molecule has 0 fully saturated rings. The average molecular weight is 353 g/mol. The molecule has 4 rings (SSSR count). The van der Waals surface area contributed by atoms with E-state index < -0.39 is 0 Å². The first kappa shape index (κ1) is 15.4. The van der Waals surface area contributed by atoms with Crippen LogP contribution in [-0.4, -0.2) is 27.4 Å². The maximum absolute atomic E-state index is 9.58. The van der Waals surface area contributed by atoms with Crippen molar-refractivity contribution in [1.29, 1.82) is 5.26 Å². The summed E-state index contributed by atoms with van der Waals surface area (Å²) in [5.41, 5.74) is 3.26. The predicted molar refractivity (Wildman–Crippen MR) is 97.5 cm³/mol. The molecule has 24 heavy (non-hydrogen) atoms. The largest absolute Gasteiger partial charge is 0.327 e. The second-order valence-electron chi connectivity index (χ2n) is 5.44. The number of anilines is 2. The van der Waals surface area contributed by atoms with Crippen molar-refractivity contribution in [3.05, 3.63) is 35.5 Å². The Morgan fingerprint density at radius 3 is 2.88 bits per heavy atom. The van der Waals surface area contributed by atoms with Gasteiger partial charge in [0.2, 0.25) is 0 Å². The zero-order valence-electron chi connectivity index (χ0n) is 13.6. The summed E-state index contributed by atoms with van der Waals surface area (Å²) in [4.78, 5) is 9.11. The van der Waals surface area contributed by atoms with Crippen LogP contribution in [0.5, 0.6) is 0 Å². The van der Waals surface area contributed by atoms with Crippen molar-refractivity contribution < 1.29 is 0 Å². The first-order valence-electron chi connectivity index (χ1n) is 7.62. The lowest BCUT2D eigenvalue weighted by Gasteiger charge is -2.30. The van der Waals surface area contributed by atoms with Gasteiger partial charge in [-0.25, -0.2) is 4.98 Å². The number of aromatic nitrogens is 3. The number of para-hydroxylation sites is 1. The van der Waals surface area contributed by atoms with Crippen molar-refractivity contribution >= 4 is 40.7 Å². The molecule has 0 N–H and O–H groups in total. The Bertz CT molecular complexity index is 1000. The van der Waals surface area contributed by atoms with Gasteiger partial charge in [-0.15, -0.1) is 11.8 Å². The predicted octanol–water partition coefficient (Wildman–Crippen LogP) is 4.25. The highest BCUT2D eigenvalue weighted by Gasteiger charge is 2.28. The highest BCUT2D eigenvalue weighted by Crippen LogP contribution is 2.48. The van der Waals surface area contributed by atoms with E-state index in [1.807, 2.05) is 30.6 Å². The molecule has 3 heterocycles. The maximum atomic E-state index is 9.58. The Morgan fingerprint density at radius 1 is 1.33 bits per heavy atom. The Hall–Kier alpha value is -2.17. The number of hydrogen-bond acceptors (Lipinski definition) is 6. The number of fused-ring (bicyclic) bond motifs is 4. The molecule has 0 saturated heterocycles. The van der Waals surface area contributed by atoms with Crippen LogP contribution in [0.2, 0.25) is 0 Å². The third-order valence-electron chi connectivity index (χ3n) is 3.98. The van der Waals surface area contributed by atoms with Crippen LogP contribution in [0.1, 0.15) is 18.2 Å². The number of nitrogens with zero attached hydrogens (tertiary/aromatic N) is 5. The molecule has 7 heteroatoms. The van der Waals surface area contributed by atoms with Crippen LogP contribution in [0.3, 0.4) is 0 Å². The lowest BCUT2D eigenvalue weighted by atomic mass is 10.2. The van der Waals surface area contributed by atoms with Crippen molar-refractivity contribution in [2.75, 3.05) is 17.7 Å². The molecular formula is C17H15N5S2. The summed E-state index contributed by atoms with van der Waals surface area (Å²) < 4.78 is 1.82. The lowest BCUT2D eigenvalue weighted by Crippen LogP contribution is -2.20. The summed E-state index contributed by atoms with van der Waals surface area (Å²) in [7, 11) is 2.04. The molecule has 0 saturated carbocycles. The van der Waals surface area contributed by atoms with E-state index in [4.69, 9.17) is 5.10 Å². The van der Waals surface area contributed by atoms with Gasteiger partial charge in [0.05, 0.1) is 16.3 Å². The minimum atomic E-state index is 0.560. The molecule has 0 unspecified atom stereocenters. The summed E-state index contributed by atoms with van der Waals surface area (Å²) in [5.74, 6) is 1.84. The van der Waals surface area contributed by atoms with Crippen LogP contribution < -0.4 is 4.90 Å². The van der Waals surface area contributed by atoms with Crippen molar-refractivity contribution in [1.82, 2.24) is 14.6 Å². The van der Waals surface area contributed by atoms with Crippen molar-refractivity contribution in [2.45, 2.75) is 28.7 Å². The van der Waals surface area contributed by atoms with Crippen LogP contribution in [0.15, 0.2) is 39.1 Å². The van der Waals surface area contributed by atoms with E-state index >= 15 is 0 Å². The number of thioether (sulfide) groups is 1. The molecule has 0 atom stereocenters. The van der Waals surface area contributed by atoms with E-state index in [1.54, 1.807) is 23.5 Å². The van der Waals surface area contributed by atoms with Crippen LogP contribution in [-0.2, 0) is 0 Å². The van der Waals surface area contributed by atoms with Gasteiger partial charge < -0.3 is 4.90 Å². The fourth-order valence-corrected chi connectivity index (χ4v) is 4.78. The monoisotopic (exact) mass is 353 g/mol. The second-order valence-corrected chi connectivity index (χ2v) is 7.74. The van der Waals surface area contributed by atoms with Gasteiger partial charge in [-0.05, 0) is 24.8 Å². The number of hydrogen-bond donors (Lipinski definition) is 0. The molecule has 5 nitrogen and oxygen atoms in total. The number of nitriles is 1. The quantitative estimate of drug-likeness (QED) is 0.642. The number of rotatable bonds is 2. The molecule has 0 bridgehead atoms. The van der Waals surface area contributed by atoms with Gasteiger partial charge in [0.1, 0.15) is 16.7 Å². The van der Waals surface area contributed by atoms with Crippen molar-refractivity contribution in [2.24, 2.45) is 0 Å². The van der Waals surface area contributed by atoms with Crippen molar-refractivity contribution in [3.63, 3.8) is 0 Å². The van der Waals surface area contributed by atoms with E-state index in [0.717, 1.165) is 32.9 Å². The van der Waals surface area contributed by atoms with E-state index in [9.17, 15) is 5.26 Å². The van der Waals surface area contributed by atoms with E-state index in [1.165, 1.54) is 4.90 Å². The van der Waals surface area contributed by atoms with Crippen LogP contribution in [0, 0.1) is 18.3 Å². The van der Waals surface area contributed by atoms with Crippen LogP contribution >= 0.6 is 23.5 Å². The zero-order chi connectivity index (χ0) is 16.8. The molecular weight excluding hydrogens is 338 g/mol. The van der Waals surface area contributed by atoms with E-state index in [-0.39, 0.29) is 0 Å². The molecule has 0 radical (unpaired) electrons. The molecule has 0 aliphatic carbocycles. The normalized spacial score (nSPS) is 12.8. The minimum Gasteiger partial charge on any atom is -0.327 e. The first-order valence-corrected chi connectivity index (χ1v) is 9.42. The van der Waals surface area contributed by atoms with Gasteiger partial charge in [-0.3, -0.25) is 0 Å². The van der Waals surface area contributed by atoms with Gasteiger partial charge in [-0.2, -0.15) is 14.9 Å². The Morgan fingerprint density at radius 2 is 2.12 bits per heavy atom. The number of aryl methyl sites for hydroxylation is 1. The Kier molecular flexibility index (Phi) is 3.66. The summed E-state index contributed by atoms with van der Waals surface area (Å²) in [6.07, 6.45) is 0. The molecule has 1 aliphatic heterocycles. The second kappa shape index (κ2) is 5.72. The molecule has 0 spiro atoms. The van der Waals surface area contributed by atoms with Gasteiger partial charge >= 0.3 is 0 Å². The molecule has 1 aromatic carbocycles. The highest BCUT2D eigenvalue weighted by molar-refractivity contribution is 8.00. The fourth-order valence-electron chi connectivity index (χ4n) is 2.90. The molecule has 3 aromatic rings. The first-order chi connectivity index (χ1) is 11.7. The SMILES string of the molecule is CCSc1nn2c3c(c(C)nc2c1C#N)Sc1ccccc1N3C. The Labute approximate surface area is 148 Å². The van der Waals surface area contributed by atoms with Gasteiger partial charge in [0.15, 0.2) is 11.5 Å².